The fourth-order valence-electron chi connectivity index (χ4n) is 1.20. The summed E-state index contributed by atoms with van der Waals surface area (Å²) in [6.07, 6.45) is -1.00. The van der Waals surface area contributed by atoms with Gasteiger partial charge in [0.1, 0.15) is 6.10 Å². The topological polar surface area (TPSA) is 63.4 Å². The van der Waals surface area contributed by atoms with Crippen LogP contribution in [0.3, 0.4) is 0 Å². The molecule has 0 heterocycles. The Labute approximate surface area is 76.0 Å². The summed E-state index contributed by atoms with van der Waals surface area (Å²) in [6.45, 7) is 1.38. The van der Waals surface area contributed by atoms with Crippen LogP contribution in [0.4, 0.5) is 0 Å². The summed E-state index contributed by atoms with van der Waals surface area (Å²) >= 11 is 0. The van der Waals surface area contributed by atoms with E-state index in [4.69, 9.17) is 0 Å². The summed E-state index contributed by atoms with van der Waals surface area (Å²) < 4.78 is 0. The molecular weight excluding hydrogens is 170 g/mol. The molecule has 1 aromatic rings. The van der Waals surface area contributed by atoms with Crippen LogP contribution < -0.4 is 0 Å². The van der Waals surface area contributed by atoms with E-state index in [0.29, 0.717) is 5.56 Å². The van der Waals surface area contributed by atoms with Gasteiger partial charge in [-0.25, -0.2) is 0 Å². The van der Waals surface area contributed by atoms with Gasteiger partial charge in [-0.15, -0.1) is 0 Å². The molecule has 0 unspecified atom stereocenters. The predicted molar refractivity (Wildman–Crippen MR) is 48.0 cm³/mol. The lowest BCUT2D eigenvalue weighted by Crippen LogP contribution is -2.12. The van der Waals surface area contributed by atoms with Crippen LogP contribution in [0, 0.1) is 17.0 Å². The number of aliphatic hydroxyl groups is 1. The van der Waals surface area contributed by atoms with Gasteiger partial charge in [0.2, 0.25) is 6.54 Å². The van der Waals surface area contributed by atoms with Gasteiger partial charge in [-0.3, -0.25) is 10.1 Å². The lowest BCUT2D eigenvalue weighted by atomic mass is 10.0. The molecule has 0 aliphatic rings. The van der Waals surface area contributed by atoms with E-state index in [-0.39, 0.29) is 0 Å². The minimum Gasteiger partial charge on any atom is -0.382 e. The van der Waals surface area contributed by atoms with Crippen molar-refractivity contribution in [2.24, 2.45) is 0 Å². The Kier molecular flexibility index (Phi) is 2.97. The molecule has 70 valence electrons. The SMILES string of the molecule is Cc1ccccc1[C@@H](O)C[N+](=O)[O-]. The Hall–Kier alpha value is -1.42. The molecular formula is C9H11NO3. The molecule has 1 atom stereocenters. The summed E-state index contributed by atoms with van der Waals surface area (Å²) in [7, 11) is 0. The van der Waals surface area contributed by atoms with Gasteiger partial charge in [0.05, 0.1) is 0 Å². The third kappa shape index (κ3) is 2.52. The van der Waals surface area contributed by atoms with Crippen LogP contribution in [0.25, 0.3) is 0 Å². The number of nitrogens with zero attached hydrogens (tertiary/aromatic N) is 1. The quantitative estimate of drug-likeness (QED) is 0.564. The van der Waals surface area contributed by atoms with Gasteiger partial charge in [0, 0.05) is 4.92 Å². The van der Waals surface area contributed by atoms with Crippen LogP contribution in [0.2, 0.25) is 0 Å². The molecule has 1 aromatic carbocycles. The zero-order valence-electron chi connectivity index (χ0n) is 7.30. The minimum absolute atomic E-state index is 0.440. The maximum absolute atomic E-state index is 10.1. The number of benzene rings is 1. The zero-order valence-corrected chi connectivity index (χ0v) is 7.30. The highest BCUT2D eigenvalue weighted by molar-refractivity contribution is 5.27. The van der Waals surface area contributed by atoms with Crippen molar-refractivity contribution < 1.29 is 10.0 Å². The van der Waals surface area contributed by atoms with Gasteiger partial charge >= 0.3 is 0 Å². The number of rotatable bonds is 3. The molecule has 0 saturated carbocycles. The van der Waals surface area contributed by atoms with Crippen molar-refractivity contribution in [3.63, 3.8) is 0 Å². The molecule has 4 nitrogen and oxygen atoms in total. The lowest BCUT2D eigenvalue weighted by molar-refractivity contribution is -0.491. The van der Waals surface area contributed by atoms with Crippen LogP contribution in [0.15, 0.2) is 24.3 Å². The monoisotopic (exact) mass is 181 g/mol. The molecule has 0 spiro atoms. The second kappa shape index (κ2) is 4.00. The number of aryl methyl sites for hydroxylation is 1. The van der Waals surface area contributed by atoms with Crippen molar-refractivity contribution in [2.75, 3.05) is 6.54 Å². The highest BCUT2D eigenvalue weighted by Gasteiger charge is 2.15. The van der Waals surface area contributed by atoms with E-state index in [2.05, 4.69) is 0 Å². The third-order valence-electron chi connectivity index (χ3n) is 1.87. The van der Waals surface area contributed by atoms with E-state index in [1.807, 2.05) is 19.1 Å². The molecule has 1 rings (SSSR count). The molecule has 13 heavy (non-hydrogen) atoms. The van der Waals surface area contributed by atoms with Gasteiger partial charge in [0.15, 0.2) is 0 Å². The van der Waals surface area contributed by atoms with Crippen LogP contribution in [-0.4, -0.2) is 16.6 Å². The summed E-state index contributed by atoms with van der Waals surface area (Å²) in [4.78, 5) is 9.62. The second-order valence-electron chi connectivity index (χ2n) is 2.89. The van der Waals surface area contributed by atoms with E-state index in [0.717, 1.165) is 5.56 Å². The average molecular weight is 181 g/mol. The van der Waals surface area contributed by atoms with Crippen molar-refractivity contribution in [2.45, 2.75) is 13.0 Å². The Balaban J connectivity index is 2.82. The fourth-order valence-corrected chi connectivity index (χ4v) is 1.20. The first kappa shape index (κ1) is 9.67. The summed E-state index contributed by atoms with van der Waals surface area (Å²) in [5.74, 6) is 0. The van der Waals surface area contributed by atoms with Crippen LogP contribution >= 0.6 is 0 Å². The van der Waals surface area contributed by atoms with Crippen molar-refractivity contribution >= 4 is 0 Å². The first-order chi connectivity index (χ1) is 6.11. The Morgan fingerprint density at radius 1 is 1.54 bits per heavy atom. The summed E-state index contributed by atoms with van der Waals surface area (Å²) in [5.41, 5.74) is 1.50. The van der Waals surface area contributed by atoms with Gasteiger partial charge < -0.3 is 5.11 Å². The average Bonchev–Trinajstić information content (AvgIpc) is 2.03. The molecule has 0 bridgehead atoms. The van der Waals surface area contributed by atoms with Crippen molar-refractivity contribution in [1.29, 1.82) is 0 Å². The van der Waals surface area contributed by atoms with Crippen molar-refractivity contribution in [1.82, 2.24) is 0 Å². The Morgan fingerprint density at radius 3 is 2.69 bits per heavy atom. The Morgan fingerprint density at radius 2 is 2.15 bits per heavy atom. The molecule has 0 amide bonds. The van der Waals surface area contributed by atoms with Gasteiger partial charge in [-0.1, -0.05) is 24.3 Å². The maximum Gasteiger partial charge on any atom is 0.233 e. The van der Waals surface area contributed by atoms with Gasteiger partial charge in [-0.05, 0) is 18.1 Å². The largest absolute Gasteiger partial charge is 0.382 e. The molecule has 0 saturated heterocycles. The summed E-state index contributed by atoms with van der Waals surface area (Å²) in [5, 5.41) is 19.6. The number of hydrogen-bond acceptors (Lipinski definition) is 3. The van der Waals surface area contributed by atoms with Crippen LogP contribution in [0.5, 0.6) is 0 Å². The molecule has 4 heteroatoms. The van der Waals surface area contributed by atoms with E-state index >= 15 is 0 Å². The van der Waals surface area contributed by atoms with E-state index in [1.165, 1.54) is 0 Å². The molecule has 0 aliphatic heterocycles. The van der Waals surface area contributed by atoms with Crippen molar-refractivity contribution in [3.8, 4) is 0 Å². The molecule has 0 radical (unpaired) electrons. The van der Waals surface area contributed by atoms with E-state index in [9.17, 15) is 15.2 Å². The number of aliphatic hydroxyl groups excluding tert-OH is 1. The highest BCUT2D eigenvalue weighted by atomic mass is 16.6. The number of nitro groups is 1. The molecule has 1 N–H and O–H groups in total. The van der Waals surface area contributed by atoms with E-state index in [1.54, 1.807) is 12.1 Å². The van der Waals surface area contributed by atoms with Crippen LogP contribution in [0.1, 0.15) is 17.2 Å². The maximum atomic E-state index is 10.1. The van der Waals surface area contributed by atoms with Gasteiger partial charge in [-0.2, -0.15) is 0 Å². The predicted octanol–water partition coefficient (Wildman–Crippen LogP) is 1.31. The van der Waals surface area contributed by atoms with Crippen LogP contribution in [-0.2, 0) is 0 Å². The first-order valence-corrected chi connectivity index (χ1v) is 3.96. The fraction of sp³-hybridized carbons (Fsp3) is 0.333. The van der Waals surface area contributed by atoms with Gasteiger partial charge in [0.25, 0.3) is 0 Å². The first-order valence-electron chi connectivity index (χ1n) is 3.96. The highest BCUT2D eigenvalue weighted by Crippen LogP contribution is 2.16. The normalized spacial score (nSPS) is 12.5. The molecule has 0 aromatic heterocycles. The molecule has 0 fully saturated rings. The smallest absolute Gasteiger partial charge is 0.233 e. The third-order valence-corrected chi connectivity index (χ3v) is 1.87. The Bertz CT molecular complexity index is 311. The second-order valence-corrected chi connectivity index (χ2v) is 2.89. The zero-order chi connectivity index (χ0) is 9.84. The summed E-state index contributed by atoms with van der Waals surface area (Å²) in [6, 6.07) is 7.10. The molecule has 0 aliphatic carbocycles. The minimum atomic E-state index is -1.00. The van der Waals surface area contributed by atoms with Crippen molar-refractivity contribution in [3.05, 3.63) is 45.5 Å². The lowest BCUT2D eigenvalue weighted by Gasteiger charge is -2.08. The standard InChI is InChI=1S/C9H11NO3/c1-7-4-2-3-5-8(7)9(11)6-10(12)13/h2-5,9,11H,6H2,1H3/t9-/m0/s1. The van der Waals surface area contributed by atoms with E-state index < -0.39 is 17.6 Å². The number of hydrogen-bond donors (Lipinski definition) is 1.